The average Bonchev–Trinajstić information content (AvgIpc) is 3.02. The highest BCUT2D eigenvalue weighted by atomic mass is 16.2. The van der Waals surface area contributed by atoms with Crippen LogP contribution >= 0.6 is 0 Å². The molecule has 2 heterocycles. The highest BCUT2D eigenvalue weighted by molar-refractivity contribution is 5.84. The maximum Gasteiger partial charge on any atom is 0.240 e. The quantitative estimate of drug-likeness (QED) is 0.794. The minimum absolute atomic E-state index is 0.0605. The van der Waals surface area contributed by atoms with Gasteiger partial charge in [-0.15, -0.1) is 0 Å². The van der Waals surface area contributed by atoms with Crippen molar-refractivity contribution < 1.29 is 4.79 Å². The van der Waals surface area contributed by atoms with Crippen molar-refractivity contribution in [1.82, 2.24) is 19.9 Å². The summed E-state index contributed by atoms with van der Waals surface area (Å²) in [5.74, 6) is 0.868. The number of rotatable bonds is 4. The summed E-state index contributed by atoms with van der Waals surface area (Å²) in [4.78, 5) is 21.4. The summed E-state index contributed by atoms with van der Waals surface area (Å²) in [6.07, 6.45) is 9.39. The van der Waals surface area contributed by atoms with Gasteiger partial charge >= 0.3 is 0 Å². The van der Waals surface area contributed by atoms with Crippen LogP contribution in [0.25, 0.3) is 22.4 Å². The minimum atomic E-state index is 0.0605. The lowest BCUT2D eigenvalue weighted by Gasteiger charge is -2.23. The number of nitrogens with zero attached hydrogens (tertiary/aromatic N) is 3. The van der Waals surface area contributed by atoms with E-state index < -0.39 is 0 Å². The molecule has 25 heavy (non-hydrogen) atoms. The van der Waals surface area contributed by atoms with Crippen LogP contribution in [-0.2, 0) is 11.3 Å². The van der Waals surface area contributed by atoms with Crippen molar-refractivity contribution >= 4 is 16.9 Å². The molecule has 1 saturated carbocycles. The van der Waals surface area contributed by atoms with Crippen LogP contribution in [0.5, 0.6) is 0 Å². The van der Waals surface area contributed by atoms with E-state index in [-0.39, 0.29) is 12.5 Å². The number of carbonyl (C=O) groups is 1. The zero-order valence-corrected chi connectivity index (χ0v) is 14.2. The number of pyridine rings is 1. The number of amides is 1. The third-order valence-corrected chi connectivity index (χ3v) is 4.87. The molecule has 1 aliphatic carbocycles. The van der Waals surface area contributed by atoms with Gasteiger partial charge in [0.05, 0.1) is 11.0 Å². The molecular weight excluding hydrogens is 312 g/mol. The number of hydrogen-bond donors (Lipinski definition) is 1. The average molecular weight is 334 g/mol. The summed E-state index contributed by atoms with van der Waals surface area (Å²) >= 11 is 0. The number of imidazole rings is 1. The van der Waals surface area contributed by atoms with Crippen molar-refractivity contribution in [2.24, 2.45) is 0 Å². The Balaban J connectivity index is 1.64. The van der Waals surface area contributed by atoms with Gasteiger partial charge in [0, 0.05) is 24.0 Å². The molecule has 3 aromatic rings. The number of fused-ring (bicyclic) bond motifs is 1. The molecule has 1 aliphatic rings. The molecule has 0 atom stereocenters. The fourth-order valence-corrected chi connectivity index (χ4v) is 3.62. The fraction of sp³-hybridized carbons (Fsp3) is 0.350. The third kappa shape index (κ3) is 3.40. The van der Waals surface area contributed by atoms with Gasteiger partial charge in [0.15, 0.2) is 0 Å². The molecular formula is C20H22N4O. The molecule has 0 spiro atoms. The van der Waals surface area contributed by atoms with Crippen LogP contribution in [0.15, 0.2) is 48.8 Å². The Morgan fingerprint density at radius 1 is 1.08 bits per heavy atom. The van der Waals surface area contributed by atoms with Crippen LogP contribution in [0, 0.1) is 0 Å². The maximum absolute atomic E-state index is 12.6. The lowest BCUT2D eigenvalue weighted by atomic mass is 9.95. The lowest BCUT2D eigenvalue weighted by Crippen LogP contribution is -2.38. The molecule has 0 bridgehead atoms. The van der Waals surface area contributed by atoms with E-state index in [0.717, 1.165) is 35.3 Å². The van der Waals surface area contributed by atoms with Gasteiger partial charge in [0.25, 0.3) is 0 Å². The summed E-state index contributed by atoms with van der Waals surface area (Å²) < 4.78 is 2.00. The van der Waals surface area contributed by atoms with Crippen molar-refractivity contribution in [3.63, 3.8) is 0 Å². The highest BCUT2D eigenvalue weighted by Gasteiger charge is 2.18. The molecule has 0 saturated heterocycles. The lowest BCUT2D eigenvalue weighted by molar-refractivity contribution is -0.122. The van der Waals surface area contributed by atoms with E-state index in [2.05, 4.69) is 10.3 Å². The van der Waals surface area contributed by atoms with Crippen LogP contribution in [0.2, 0.25) is 0 Å². The van der Waals surface area contributed by atoms with E-state index in [4.69, 9.17) is 4.98 Å². The summed E-state index contributed by atoms with van der Waals surface area (Å²) in [6.45, 7) is 0.286. The van der Waals surface area contributed by atoms with Gasteiger partial charge in [-0.2, -0.15) is 0 Å². The molecule has 1 fully saturated rings. The molecule has 1 aromatic carbocycles. The van der Waals surface area contributed by atoms with Crippen molar-refractivity contribution in [3.8, 4) is 11.4 Å². The zero-order chi connectivity index (χ0) is 17.1. The van der Waals surface area contributed by atoms with E-state index >= 15 is 0 Å². The molecule has 128 valence electrons. The highest BCUT2D eigenvalue weighted by Crippen LogP contribution is 2.24. The van der Waals surface area contributed by atoms with E-state index in [1.807, 2.05) is 41.0 Å². The van der Waals surface area contributed by atoms with Crippen molar-refractivity contribution in [2.45, 2.75) is 44.7 Å². The van der Waals surface area contributed by atoms with Gasteiger partial charge in [0.1, 0.15) is 12.4 Å². The Morgan fingerprint density at radius 3 is 2.64 bits per heavy atom. The second-order valence-corrected chi connectivity index (χ2v) is 6.65. The molecule has 5 heteroatoms. The Labute approximate surface area is 147 Å². The fourth-order valence-electron chi connectivity index (χ4n) is 3.62. The molecule has 2 aromatic heterocycles. The van der Waals surface area contributed by atoms with Gasteiger partial charge in [-0.25, -0.2) is 4.98 Å². The van der Waals surface area contributed by atoms with Crippen LogP contribution in [-0.4, -0.2) is 26.5 Å². The van der Waals surface area contributed by atoms with Crippen LogP contribution in [0.3, 0.4) is 0 Å². The Hall–Kier alpha value is -2.69. The second kappa shape index (κ2) is 7.05. The Bertz CT molecular complexity index is 866. The molecule has 0 unspecified atom stereocenters. The van der Waals surface area contributed by atoms with Gasteiger partial charge in [0.2, 0.25) is 5.91 Å². The first-order chi connectivity index (χ1) is 12.3. The van der Waals surface area contributed by atoms with E-state index in [9.17, 15) is 4.79 Å². The zero-order valence-electron chi connectivity index (χ0n) is 14.2. The number of aromatic nitrogens is 3. The van der Waals surface area contributed by atoms with E-state index in [0.29, 0.717) is 6.04 Å². The second-order valence-electron chi connectivity index (χ2n) is 6.65. The van der Waals surface area contributed by atoms with Gasteiger partial charge in [-0.3, -0.25) is 9.78 Å². The van der Waals surface area contributed by atoms with Crippen LogP contribution in [0.1, 0.15) is 32.1 Å². The normalized spacial score (nSPS) is 15.4. The summed E-state index contributed by atoms with van der Waals surface area (Å²) in [7, 11) is 0. The van der Waals surface area contributed by atoms with E-state index in [1.165, 1.54) is 19.3 Å². The predicted molar refractivity (Wildman–Crippen MR) is 98.0 cm³/mol. The van der Waals surface area contributed by atoms with Crippen molar-refractivity contribution in [3.05, 3.63) is 48.8 Å². The van der Waals surface area contributed by atoms with Crippen LogP contribution < -0.4 is 5.32 Å². The maximum atomic E-state index is 12.6. The molecule has 5 nitrogen and oxygen atoms in total. The molecule has 1 N–H and O–H groups in total. The summed E-state index contributed by atoms with van der Waals surface area (Å²) in [6, 6.07) is 12.1. The van der Waals surface area contributed by atoms with Gasteiger partial charge in [-0.05, 0) is 37.1 Å². The third-order valence-electron chi connectivity index (χ3n) is 4.87. The minimum Gasteiger partial charge on any atom is -0.352 e. The van der Waals surface area contributed by atoms with Crippen molar-refractivity contribution in [2.75, 3.05) is 0 Å². The number of carbonyl (C=O) groups excluding carboxylic acids is 1. The van der Waals surface area contributed by atoms with Crippen LogP contribution in [0.4, 0.5) is 0 Å². The number of hydrogen-bond acceptors (Lipinski definition) is 3. The molecule has 1 amide bonds. The first-order valence-electron chi connectivity index (χ1n) is 8.96. The van der Waals surface area contributed by atoms with Gasteiger partial charge in [-0.1, -0.05) is 31.4 Å². The number of benzene rings is 1. The molecule has 0 radical (unpaired) electrons. The Morgan fingerprint density at radius 2 is 1.84 bits per heavy atom. The first kappa shape index (κ1) is 15.8. The molecule has 4 rings (SSSR count). The standard InChI is InChI=1S/C20H22N4O/c25-19(22-16-6-2-1-3-7-16)14-24-18-9-5-4-8-17(18)23-20(24)15-10-12-21-13-11-15/h4-5,8-13,16H,1-3,6-7,14H2,(H,22,25). The predicted octanol–water partition coefficient (Wildman–Crippen LogP) is 3.55. The summed E-state index contributed by atoms with van der Waals surface area (Å²) in [5, 5.41) is 3.20. The molecule has 0 aliphatic heterocycles. The van der Waals surface area contributed by atoms with Gasteiger partial charge < -0.3 is 9.88 Å². The van der Waals surface area contributed by atoms with Crippen molar-refractivity contribution in [1.29, 1.82) is 0 Å². The largest absolute Gasteiger partial charge is 0.352 e. The smallest absolute Gasteiger partial charge is 0.240 e. The number of para-hydroxylation sites is 2. The number of nitrogens with one attached hydrogen (secondary N) is 1. The SMILES string of the molecule is O=C(Cn1c(-c2ccncc2)nc2ccccc21)NC1CCCCC1. The first-order valence-corrected chi connectivity index (χ1v) is 8.96. The summed E-state index contributed by atoms with van der Waals surface area (Å²) in [5.41, 5.74) is 2.85. The topological polar surface area (TPSA) is 59.8 Å². The van der Waals surface area contributed by atoms with E-state index in [1.54, 1.807) is 12.4 Å². The Kier molecular flexibility index (Phi) is 4.46. The monoisotopic (exact) mass is 334 g/mol.